The fraction of sp³-hybridized carbons (Fsp3) is 0.628. The highest BCUT2D eigenvalue weighted by Crippen LogP contribution is 2.35. The fourth-order valence-corrected chi connectivity index (χ4v) is 14.0. The standard InChI is InChI=1S/C86H133ClF3N17O17/c1-25-62(99-70(111)43-67(108)53(15)28-27-29-69(110)92-34-35-93-71(112)46-124-60-32-30-59(31-33-60)107-75(86(88,89)90)61(44-94-107)77(115)98-58-41-56(87)40-57(42-58)97-68(109)26-2)82(120)101(19)45-72(113)102(20)63(36-47(3)4)79(117)100-73(51(11)12)85(123)103(21)64(37-48(5)6)78(116)95-54(16)76(114)96-55(17)81(119)104(22)65(38-49(7)8)83(121)105(23)66(39-50(9)10)84(122)106(24)74(52(13)14)80(118)91-18/h26,30-33,40-42,44,47-55,62-67,73-74,108H,2,25,27-29,34-39,43,45-46H2,1,3-24H3,(H,91,118)(H,92,110)(H,93,112)(H,95,116)(H,96,114)(H,97,109)(H,98,115)(H,99,111)(H,100,117)/t53-,54+,55-,62+,63+,64+,65+,66+,67+,73+,74+/m1/s1. The van der Waals surface area contributed by atoms with Crippen LogP contribution in [0.25, 0.3) is 5.69 Å². The summed E-state index contributed by atoms with van der Waals surface area (Å²) < 4.78 is 49.5. The van der Waals surface area contributed by atoms with Crippen molar-refractivity contribution < 1.29 is 94.9 Å². The second-order valence-electron chi connectivity index (χ2n) is 33.9. The molecular weight excluding hydrogens is 1640 g/mol. The molecule has 11 atom stereocenters. The molecule has 2 aromatic carbocycles. The molecule has 0 saturated heterocycles. The molecule has 124 heavy (non-hydrogen) atoms. The van der Waals surface area contributed by atoms with Gasteiger partial charge in [0.1, 0.15) is 60.1 Å². The average Bonchev–Trinajstić information content (AvgIpc) is 1.62. The van der Waals surface area contributed by atoms with E-state index in [2.05, 4.69) is 59.5 Å². The lowest BCUT2D eigenvalue weighted by molar-refractivity contribution is -0.153. The fourth-order valence-electron chi connectivity index (χ4n) is 13.8. The van der Waals surface area contributed by atoms with E-state index in [9.17, 15) is 90.2 Å². The number of nitrogens with one attached hydrogen (secondary N) is 9. The number of amides is 15. The molecule has 0 radical (unpaired) electrons. The molecular formula is C86H133ClF3N17O17. The highest BCUT2D eigenvalue weighted by Gasteiger charge is 2.44. The maximum atomic E-state index is 14.7. The van der Waals surface area contributed by atoms with Gasteiger partial charge in [-0.25, -0.2) is 4.68 Å². The lowest BCUT2D eigenvalue weighted by Crippen LogP contribution is -2.61. The van der Waals surface area contributed by atoms with Gasteiger partial charge in [0.05, 0.1) is 36.5 Å². The number of likely N-dealkylation sites (N-methyl/N-ethyl adjacent to an activating group) is 7. The van der Waals surface area contributed by atoms with Gasteiger partial charge in [0, 0.05) is 85.2 Å². The van der Waals surface area contributed by atoms with Gasteiger partial charge >= 0.3 is 6.18 Å². The Labute approximate surface area is 731 Å². The Balaban J connectivity index is 1.56. The monoisotopic (exact) mass is 1770 g/mol. The third-order valence-corrected chi connectivity index (χ3v) is 21.1. The van der Waals surface area contributed by atoms with Gasteiger partial charge in [0.25, 0.3) is 11.8 Å². The van der Waals surface area contributed by atoms with Crippen molar-refractivity contribution in [1.82, 2.24) is 76.4 Å². The number of aromatic nitrogens is 2. The molecule has 1 aromatic heterocycles. The number of carbonyl (C=O) groups is 15. The number of alkyl halides is 3. The second-order valence-corrected chi connectivity index (χ2v) is 34.4. The summed E-state index contributed by atoms with van der Waals surface area (Å²) in [5.41, 5.74) is -2.19. The van der Waals surface area contributed by atoms with Crippen molar-refractivity contribution in [1.29, 1.82) is 0 Å². The van der Waals surface area contributed by atoms with Crippen LogP contribution in [0.1, 0.15) is 185 Å². The quantitative estimate of drug-likeness (QED) is 0.0218. The van der Waals surface area contributed by atoms with Crippen LogP contribution >= 0.6 is 11.6 Å². The topological polar surface area (TPSA) is 431 Å². The predicted octanol–water partition coefficient (Wildman–Crippen LogP) is 6.31. The molecule has 0 fully saturated rings. The van der Waals surface area contributed by atoms with Gasteiger partial charge in [-0.3, -0.25) is 71.9 Å². The number of aliphatic hydroxyl groups is 1. The van der Waals surface area contributed by atoms with Crippen LogP contribution in [0.5, 0.6) is 5.75 Å². The molecule has 15 amide bonds. The second kappa shape index (κ2) is 50.3. The highest BCUT2D eigenvalue weighted by atomic mass is 35.5. The van der Waals surface area contributed by atoms with Crippen LogP contribution in [0, 0.1) is 41.4 Å². The zero-order chi connectivity index (χ0) is 94.4. The zero-order valence-corrected chi connectivity index (χ0v) is 76.7. The van der Waals surface area contributed by atoms with Crippen LogP contribution < -0.4 is 52.6 Å². The van der Waals surface area contributed by atoms with Crippen molar-refractivity contribution in [3.63, 3.8) is 0 Å². The van der Waals surface area contributed by atoms with Crippen LogP contribution in [-0.2, 0) is 73.3 Å². The van der Waals surface area contributed by atoms with E-state index in [0.717, 1.165) is 17.2 Å². The average molecular weight is 1770 g/mol. The zero-order valence-electron chi connectivity index (χ0n) is 76.0. The van der Waals surface area contributed by atoms with E-state index in [4.69, 9.17) is 16.3 Å². The van der Waals surface area contributed by atoms with E-state index in [-0.39, 0.29) is 121 Å². The molecule has 0 aliphatic carbocycles. The first-order valence-corrected chi connectivity index (χ1v) is 42.3. The number of anilines is 2. The largest absolute Gasteiger partial charge is 0.484 e. The van der Waals surface area contributed by atoms with Crippen LogP contribution in [0.2, 0.25) is 5.02 Å². The summed E-state index contributed by atoms with van der Waals surface area (Å²) in [6, 6.07) is -1.17. The first-order chi connectivity index (χ1) is 57.7. The smallest absolute Gasteiger partial charge is 0.434 e. The minimum absolute atomic E-state index is 0.00279. The number of ether oxygens (including phenoxy) is 1. The number of nitrogens with zero attached hydrogens (tertiary/aromatic N) is 8. The number of benzene rings is 2. The Morgan fingerprint density at radius 1 is 0.573 bits per heavy atom. The Morgan fingerprint density at radius 2 is 1.06 bits per heavy atom. The highest BCUT2D eigenvalue weighted by molar-refractivity contribution is 6.31. The number of hydrogen-bond acceptors (Lipinski definition) is 18. The Hall–Kier alpha value is -10.7. The van der Waals surface area contributed by atoms with Gasteiger partial charge in [-0.05, 0) is 149 Å². The van der Waals surface area contributed by atoms with Crippen LogP contribution in [0.4, 0.5) is 24.5 Å². The van der Waals surface area contributed by atoms with Gasteiger partial charge in [0.2, 0.25) is 76.8 Å². The minimum atomic E-state index is -5.06. The summed E-state index contributed by atoms with van der Waals surface area (Å²) in [6.45, 7) is 30.4. The maximum absolute atomic E-state index is 14.7. The summed E-state index contributed by atoms with van der Waals surface area (Å²) in [6.07, 6.45) is -3.48. The number of carbonyl (C=O) groups excluding carboxylic acids is 15. The van der Waals surface area contributed by atoms with E-state index in [1.165, 1.54) is 130 Å². The molecule has 3 rings (SSSR count). The van der Waals surface area contributed by atoms with E-state index in [0.29, 0.717) is 17.5 Å². The molecule has 0 aliphatic rings. The summed E-state index contributed by atoms with van der Waals surface area (Å²) in [4.78, 5) is 213. The molecule has 0 saturated carbocycles. The molecule has 0 aliphatic heterocycles. The van der Waals surface area contributed by atoms with Gasteiger partial charge in [-0.1, -0.05) is 115 Å². The molecule has 0 unspecified atom stereocenters. The van der Waals surface area contributed by atoms with Gasteiger partial charge in [-0.15, -0.1) is 0 Å². The van der Waals surface area contributed by atoms with Crippen molar-refractivity contribution in [3.05, 3.63) is 77.6 Å². The summed E-state index contributed by atoms with van der Waals surface area (Å²) in [7, 11) is 10.1. The normalized spacial score (nSPS) is 14.2. The Kier molecular flexibility index (Phi) is 43.6. The molecule has 38 heteroatoms. The number of hydrogen-bond donors (Lipinski definition) is 10. The van der Waals surface area contributed by atoms with E-state index in [1.54, 1.807) is 27.7 Å². The van der Waals surface area contributed by atoms with E-state index >= 15 is 0 Å². The van der Waals surface area contributed by atoms with E-state index < -0.39 is 186 Å². The van der Waals surface area contributed by atoms with Crippen molar-refractivity contribution in [2.45, 2.75) is 235 Å². The number of rotatable bonds is 49. The Morgan fingerprint density at radius 3 is 1.57 bits per heavy atom. The first kappa shape index (κ1) is 107. The van der Waals surface area contributed by atoms with Crippen LogP contribution in [0.15, 0.2) is 61.3 Å². The molecule has 34 nitrogen and oxygen atoms in total. The predicted molar refractivity (Wildman–Crippen MR) is 463 cm³/mol. The van der Waals surface area contributed by atoms with Crippen LogP contribution in [0.3, 0.4) is 0 Å². The van der Waals surface area contributed by atoms with Gasteiger partial charge in [-0.2, -0.15) is 18.3 Å². The van der Waals surface area contributed by atoms with Gasteiger partial charge < -0.3 is 87.1 Å². The Bertz CT molecular complexity index is 4180. The molecule has 3 aromatic rings. The van der Waals surface area contributed by atoms with Crippen molar-refractivity contribution >= 4 is 112 Å². The van der Waals surface area contributed by atoms with Crippen molar-refractivity contribution in [2.75, 3.05) is 86.2 Å². The maximum Gasteiger partial charge on any atom is 0.434 e. The summed E-state index contributed by atoms with van der Waals surface area (Å²) in [5.74, 6) is -11.2. The molecule has 10 N–H and O–H groups in total. The third-order valence-electron chi connectivity index (χ3n) is 20.9. The summed E-state index contributed by atoms with van der Waals surface area (Å²) >= 11 is 6.10. The SMILES string of the molecule is C=CC(=O)Nc1cc(Cl)cc(NC(=O)c2cnn(-c3ccc(OCC(=O)NCCNC(=O)CCC[C@@H](C)[C@@H](O)CC(=O)N[C@@H](CC)C(=O)N(C)CC(=O)N(C)[C@@H](CC(C)C)C(=O)N[C@H](C(=O)N(C)[C@@H](CC(C)C)C(=O)N[C@@H](C)C(=O)N[C@H](C)C(=O)N(C)[C@@H](CC(C)C)C(=O)N(C)[C@@H](CC(C)C)C(=O)N(C)[C@H](C(=O)NC)C(C)C)C(C)C)cc3)c2C(F)(F)F)c1. The molecule has 1 heterocycles. The lowest BCUT2D eigenvalue weighted by atomic mass is 9.95. The van der Waals surface area contributed by atoms with Crippen molar-refractivity contribution in [2.24, 2.45) is 41.4 Å². The lowest BCUT2D eigenvalue weighted by Gasteiger charge is -2.39. The van der Waals surface area contributed by atoms with Crippen molar-refractivity contribution in [3.8, 4) is 11.4 Å². The minimum Gasteiger partial charge on any atom is -0.484 e. The van der Waals surface area contributed by atoms with Gasteiger partial charge in [0.15, 0.2) is 12.3 Å². The van der Waals surface area contributed by atoms with E-state index in [1.807, 2.05) is 69.2 Å². The number of halogens is 4. The molecule has 0 bridgehead atoms. The third kappa shape index (κ3) is 33.1. The number of aliphatic hydroxyl groups excluding tert-OH is 1. The summed E-state index contributed by atoms with van der Waals surface area (Å²) in [5, 5.41) is 38.4. The first-order valence-electron chi connectivity index (χ1n) is 41.9. The molecule has 0 spiro atoms. The van der Waals surface area contributed by atoms with Crippen LogP contribution in [-0.4, -0.2) is 269 Å². The molecule has 692 valence electrons.